The summed E-state index contributed by atoms with van der Waals surface area (Å²) in [4.78, 5) is 6.83. The van der Waals surface area contributed by atoms with E-state index in [-0.39, 0.29) is 0 Å². The lowest BCUT2D eigenvalue weighted by Crippen LogP contribution is -2.37. The Morgan fingerprint density at radius 1 is 1.32 bits per heavy atom. The van der Waals surface area contributed by atoms with Crippen LogP contribution in [-0.4, -0.2) is 21.2 Å². The number of hydrogen-bond acceptors (Lipinski definition) is 4. The molecule has 1 fully saturated rings. The Kier molecular flexibility index (Phi) is 2.12. The molecule has 2 unspecified atom stereocenters. The number of fused-ring (bicyclic) bond motifs is 4. The van der Waals surface area contributed by atoms with Gasteiger partial charge in [0.25, 0.3) is 0 Å². The molecule has 94 valence electrons. The minimum absolute atomic E-state index is 0.382. The Morgan fingerprint density at radius 2 is 2.26 bits per heavy atom. The molecular formula is C14H13N5. The van der Waals surface area contributed by atoms with Crippen LogP contribution in [0.15, 0.2) is 24.5 Å². The van der Waals surface area contributed by atoms with Crippen molar-refractivity contribution in [3.05, 3.63) is 41.3 Å². The van der Waals surface area contributed by atoms with Crippen LogP contribution in [0.2, 0.25) is 0 Å². The van der Waals surface area contributed by atoms with Crippen molar-refractivity contribution in [2.45, 2.75) is 31.3 Å². The highest BCUT2D eigenvalue weighted by Crippen LogP contribution is 2.44. The first-order valence-electron chi connectivity index (χ1n) is 6.53. The summed E-state index contributed by atoms with van der Waals surface area (Å²) in [6, 6.07) is 6.78. The van der Waals surface area contributed by atoms with E-state index in [0.29, 0.717) is 17.6 Å². The summed E-state index contributed by atoms with van der Waals surface area (Å²) >= 11 is 0. The molecule has 5 nitrogen and oxygen atoms in total. The second-order valence-corrected chi connectivity index (χ2v) is 5.18. The number of anilines is 1. The average Bonchev–Trinajstić information content (AvgIpc) is 3.04. The van der Waals surface area contributed by atoms with E-state index in [2.05, 4.69) is 26.2 Å². The minimum Gasteiger partial charge on any atom is -0.346 e. The highest BCUT2D eigenvalue weighted by molar-refractivity contribution is 5.50. The zero-order valence-electron chi connectivity index (χ0n) is 10.4. The first kappa shape index (κ1) is 10.6. The van der Waals surface area contributed by atoms with Crippen LogP contribution in [0.5, 0.6) is 0 Å². The van der Waals surface area contributed by atoms with E-state index in [0.717, 1.165) is 18.7 Å². The van der Waals surface area contributed by atoms with E-state index in [1.54, 1.807) is 6.20 Å². The average molecular weight is 251 g/mol. The van der Waals surface area contributed by atoms with Gasteiger partial charge in [-0.25, -0.2) is 4.98 Å². The molecule has 0 aromatic carbocycles. The maximum atomic E-state index is 8.84. The van der Waals surface area contributed by atoms with Crippen LogP contribution < -0.4 is 4.90 Å². The Labute approximate surface area is 110 Å². The van der Waals surface area contributed by atoms with Crippen LogP contribution in [0.3, 0.4) is 0 Å². The van der Waals surface area contributed by atoms with Gasteiger partial charge >= 0.3 is 0 Å². The van der Waals surface area contributed by atoms with Crippen molar-refractivity contribution < 1.29 is 0 Å². The van der Waals surface area contributed by atoms with Gasteiger partial charge in [0.15, 0.2) is 0 Å². The number of nitriles is 1. The lowest BCUT2D eigenvalue weighted by atomic mass is 10.0. The second kappa shape index (κ2) is 3.82. The molecule has 2 aromatic heterocycles. The maximum Gasteiger partial charge on any atom is 0.129 e. The first-order valence-corrected chi connectivity index (χ1v) is 6.53. The maximum absolute atomic E-state index is 8.84. The summed E-state index contributed by atoms with van der Waals surface area (Å²) in [6.45, 7) is 0. The zero-order valence-corrected chi connectivity index (χ0v) is 10.4. The molecule has 1 N–H and O–H groups in total. The van der Waals surface area contributed by atoms with E-state index in [1.165, 1.54) is 17.7 Å². The standard InChI is InChI=1S/C14H13N5/c15-6-9-1-4-14(16-7-9)19-10-2-3-13(19)11-8-17-18-12(11)5-10/h1,4,7-8,10,13H,2-3,5H2,(H,17,18). The molecule has 19 heavy (non-hydrogen) atoms. The van der Waals surface area contributed by atoms with E-state index in [1.807, 2.05) is 18.3 Å². The number of nitrogens with one attached hydrogen (secondary N) is 1. The number of aromatic nitrogens is 3. The van der Waals surface area contributed by atoms with Crippen LogP contribution in [-0.2, 0) is 6.42 Å². The highest BCUT2D eigenvalue weighted by Gasteiger charge is 2.41. The van der Waals surface area contributed by atoms with Crippen LogP contribution >= 0.6 is 0 Å². The first-order chi connectivity index (χ1) is 9.36. The second-order valence-electron chi connectivity index (χ2n) is 5.18. The smallest absolute Gasteiger partial charge is 0.129 e. The molecule has 4 rings (SSSR count). The van der Waals surface area contributed by atoms with E-state index >= 15 is 0 Å². The van der Waals surface area contributed by atoms with Gasteiger partial charge in [-0.15, -0.1) is 0 Å². The van der Waals surface area contributed by atoms with E-state index in [4.69, 9.17) is 5.26 Å². The van der Waals surface area contributed by atoms with Crippen LogP contribution in [0.25, 0.3) is 0 Å². The number of rotatable bonds is 1. The fourth-order valence-electron chi connectivity index (χ4n) is 3.35. The number of H-pyrrole nitrogens is 1. The van der Waals surface area contributed by atoms with Crippen molar-refractivity contribution in [1.82, 2.24) is 15.2 Å². The fourth-order valence-corrected chi connectivity index (χ4v) is 3.35. The number of pyridine rings is 1. The predicted molar refractivity (Wildman–Crippen MR) is 69.5 cm³/mol. The third-order valence-electron chi connectivity index (χ3n) is 4.19. The van der Waals surface area contributed by atoms with Gasteiger partial charge in [0, 0.05) is 29.9 Å². The van der Waals surface area contributed by atoms with Crippen molar-refractivity contribution in [3.8, 4) is 6.07 Å². The Morgan fingerprint density at radius 3 is 3.05 bits per heavy atom. The molecule has 2 aliphatic rings. The molecule has 0 amide bonds. The summed E-state index contributed by atoms with van der Waals surface area (Å²) in [5.74, 6) is 0.971. The zero-order chi connectivity index (χ0) is 12.8. The lowest BCUT2D eigenvalue weighted by Gasteiger charge is -2.35. The third-order valence-corrected chi connectivity index (χ3v) is 4.19. The topological polar surface area (TPSA) is 68.6 Å². The number of nitrogens with zero attached hydrogens (tertiary/aromatic N) is 4. The van der Waals surface area contributed by atoms with Gasteiger partial charge in [-0.05, 0) is 25.0 Å². The third kappa shape index (κ3) is 1.46. The van der Waals surface area contributed by atoms with Crippen molar-refractivity contribution in [3.63, 3.8) is 0 Å². The summed E-state index contributed by atoms with van der Waals surface area (Å²) < 4.78 is 0. The summed E-state index contributed by atoms with van der Waals surface area (Å²) in [5, 5.41) is 16.1. The molecule has 0 spiro atoms. The van der Waals surface area contributed by atoms with Crippen LogP contribution in [0, 0.1) is 11.3 Å². The Balaban J connectivity index is 1.75. The molecule has 0 aliphatic carbocycles. The van der Waals surface area contributed by atoms with Gasteiger partial charge in [0.2, 0.25) is 0 Å². The van der Waals surface area contributed by atoms with E-state index in [9.17, 15) is 0 Å². The molecular weight excluding hydrogens is 238 g/mol. The quantitative estimate of drug-likeness (QED) is 0.841. The predicted octanol–water partition coefficient (Wildman–Crippen LogP) is 1.94. The molecule has 2 atom stereocenters. The summed E-state index contributed by atoms with van der Waals surface area (Å²) in [6.07, 6.45) is 6.94. The number of aromatic amines is 1. The molecule has 5 heteroatoms. The van der Waals surface area contributed by atoms with Crippen LogP contribution in [0.1, 0.15) is 35.7 Å². The van der Waals surface area contributed by atoms with Gasteiger partial charge in [0.1, 0.15) is 11.9 Å². The number of hydrogen-bond donors (Lipinski definition) is 1. The SMILES string of the molecule is N#Cc1ccc(N2C3CCC2c2cn[nH]c2C3)nc1. The molecule has 1 saturated heterocycles. The van der Waals surface area contributed by atoms with Gasteiger partial charge in [-0.2, -0.15) is 10.4 Å². The molecule has 2 bridgehead atoms. The molecule has 2 aliphatic heterocycles. The van der Waals surface area contributed by atoms with Crippen LogP contribution in [0.4, 0.5) is 5.82 Å². The largest absolute Gasteiger partial charge is 0.346 e. The van der Waals surface area contributed by atoms with Crippen molar-refractivity contribution in [2.24, 2.45) is 0 Å². The Hall–Kier alpha value is -2.35. The van der Waals surface area contributed by atoms with Crippen molar-refractivity contribution in [2.75, 3.05) is 4.90 Å². The normalized spacial score (nSPS) is 24.1. The summed E-state index contributed by atoms with van der Waals surface area (Å²) in [5.41, 5.74) is 3.19. The van der Waals surface area contributed by atoms with Crippen molar-refractivity contribution >= 4 is 5.82 Å². The van der Waals surface area contributed by atoms with Crippen molar-refractivity contribution in [1.29, 1.82) is 5.26 Å². The van der Waals surface area contributed by atoms with Gasteiger partial charge < -0.3 is 4.90 Å². The summed E-state index contributed by atoms with van der Waals surface area (Å²) in [7, 11) is 0. The molecule has 0 saturated carbocycles. The fraction of sp³-hybridized carbons (Fsp3) is 0.357. The molecule has 2 aromatic rings. The molecule has 0 radical (unpaired) electrons. The highest BCUT2D eigenvalue weighted by atomic mass is 15.3. The monoisotopic (exact) mass is 251 g/mol. The molecule has 4 heterocycles. The van der Waals surface area contributed by atoms with Gasteiger partial charge in [0.05, 0.1) is 17.8 Å². The lowest BCUT2D eigenvalue weighted by molar-refractivity contribution is 0.586. The van der Waals surface area contributed by atoms with Gasteiger partial charge in [-0.1, -0.05) is 0 Å². The van der Waals surface area contributed by atoms with Gasteiger partial charge in [-0.3, -0.25) is 5.10 Å². The minimum atomic E-state index is 0.382. The van der Waals surface area contributed by atoms with E-state index < -0.39 is 0 Å². The Bertz CT molecular complexity index is 651.